The van der Waals surface area contributed by atoms with E-state index in [1.54, 1.807) is 6.07 Å². The second kappa shape index (κ2) is 6.45. The molecular formula is C17H18N4O2S. The molecule has 7 heteroatoms. The van der Waals surface area contributed by atoms with E-state index >= 15 is 0 Å². The van der Waals surface area contributed by atoms with Crippen molar-refractivity contribution in [3.05, 3.63) is 41.7 Å². The van der Waals surface area contributed by atoms with Gasteiger partial charge in [-0.05, 0) is 44.2 Å². The first-order valence-corrected chi connectivity index (χ1v) is 8.35. The maximum absolute atomic E-state index is 12.3. The predicted octanol–water partition coefficient (Wildman–Crippen LogP) is 3.31. The molecule has 2 N–H and O–H groups in total. The highest BCUT2D eigenvalue weighted by molar-refractivity contribution is 7.22. The highest BCUT2D eigenvalue weighted by Gasteiger charge is 2.11. The molecule has 0 radical (unpaired) electrons. The summed E-state index contributed by atoms with van der Waals surface area (Å²) in [5.41, 5.74) is 3.60. The molecule has 2 aromatic heterocycles. The standard InChI is InChI=1S/C17H18N4O2S/c1-10-4-5-11(2)21(10)9-16(23)20-17-19-14-7-6-13(18-12(3)22)8-15(14)24-17/h4-8H,9H2,1-3H3,(H,18,22)(H,19,20,23). The highest BCUT2D eigenvalue weighted by Crippen LogP contribution is 2.28. The van der Waals surface area contributed by atoms with Crippen LogP contribution in [0.3, 0.4) is 0 Å². The van der Waals surface area contributed by atoms with Crippen LogP contribution >= 0.6 is 11.3 Å². The van der Waals surface area contributed by atoms with E-state index in [4.69, 9.17) is 0 Å². The van der Waals surface area contributed by atoms with Gasteiger partial charge in [0.2, 0.25) is 11.8 Å². The van der Waals surface area contributed by atoms with Crippen LogP contribution in [0.4, 0.5) is 10.8 Å². The minimum absolute atomic E-state index is 0.112. The van der Waals surface area contributed by atoms with Crippen LogP contribution in [0.15, 0.2) is 30.3 Å². The molecule has 0 saturated carbocycles. The number of nitrogens with one attached hydrogen (secondary N) is 2. The van der Waals surface area contributed by atoms with Gasteiger partial charge in [-0.25, -0.2) is 4.98 Å². The fraction of sp³-hybridized carbons (Fsp3) is 0.235. The fourth-order valence-corrected chi connectivity index (χ4v) is 3.43. The SMILES string of the molecule is CC(=O)Nc1ccc2nc(NC(=O)Cn3c(C)ccc3C)sc2c1. The summed E-state index contributed by atoms with van der Waals surface area (Å²) in [6.45, 7) is 5.68. The topological polar surface area (TPSA) is 76.0 Å². The number of fused-ring (bicyclic) bond motifs is 1. The number of thiazole rings is 1. The third kappa shape index (κ3) is 3.46. The number of aryl methyl sites for hydroxylation is 2. The van der Waals surface area contributed by atoms with Gasteiger partial charge in [-0.15, -0.1) is 0 Å². The van der Waals surface area contributed by atoms with Gasteiger partial charge in [0.25, 0.3) is 0 Å². The molecule has 24 heavy (non-hydrogen) atoms. The van der Waals surface area contributed by atoms with Gasteiger partial charge in [-0.1, -0.05) is 11.3 Å². The number of carbonyl (C=O) groups is 2. The van der Waals surface area contributed by atoms with Crippen molar-refractivity contribution in [3.63, 3.8) is 0 Å². The van der Waals surface area contributed by atoms with Gasteiger partial charge in [-0.3, -0.25) is 9.59 Å². The minimum atomic E-state index is -0.121. The van der Waals surface area contributed by atoms with Crippen molar-refractivity contribution >= 4 is 44.2 Å². The van der Waals surface area contributed by atoms with E-state index in [-0.39, 0.29) is 18.4 Å². The van der Waals surface area contributed by atoms with Crippen LogP contribution in [0.5, 0.6) is 0 Å². The number of carbonyl (C=O) groups excluding carboxylic acids is 2. The van der Waals surface area contributed by atoms with Crippen molar-refractivity contribution in [3.8, 4) is 0 Å². The third-order valence-corrected chi connectivity index (χ3v) is 4.61. The quantitative estimate of drug-likeness (QED) is 0.764. The molecule has 2 amide bonds. The van der Waals surface area contributed by atoms with E-state index in [1.807, 2.05) is 42.7 Å². The minimum Gasteiger partial charge on any atom is -0.340 e. The Balaban J connectivity index is 1.75. The van der Waals surface area contributed by atoms with Crippen molar-refractivity contribution in [2.75, 3.05) is 10.6 Å². The summed E-state index contributed by atoms with van der Waals surface area (Å²) in [6.07, 6.45) is 0. The molecule has 6 nitrogen and oxygen atoms in total. The molecule has 0 bridgehead atoms. The third-order valence-electron chi connectivity index (χ3n) is 3.67. The van der Waals surface area contributed by atoms with Crippen LogP contribution in [0, 0.1) is 13.8 Å². The number of hydrogen-bond donors (Lipinski definition) is 2. The number of amides is 2. The Bertz CT molecular complexity index is 906. The normalized spacial score (nSPS) is 10.8. The van der Waals surface area contributed by atoms with E-state index in [1.165, 1.54) is 18.3 Å². The lowest BCUT2D eigenvalue weighted by molar-refractivity contribution is -0.117. The first-order valence-electron chi connectivity index (χ1n) is 7.53. The molecule has 0 unspecified atom stereocenters. The molecule has 0 spiro atoms. The lowest BCUT2D eigenvalue weighted by atomic mass is 10.3. The van der Waals surface area contributed by atoms with Crippen LogP contribution in [-0.2, 0) is 16.1 Å². The Hall–Kier alpha value is -2.67. The van der Waals surface area contributed by atoms with Gasteiger partial charge in [0, 0.05) is 24.0 Å². The van der Waals surface area contributed by atoms with Gasteiger partial charge >= 0.3 is 0 Å². The smallest absolute Gasteiger partial charge is 0.246 e. The summed E-state index contributed by atoms with van der Waals surface area (Å²) in [7, 11) is 0. The molecule has 0 saturated heterocycles. The predicted molar refractivity (Wildman–Crippen MR) is 96.5 cm³/mol. The number of nitrogens with zero attached hydrogens (tertiary/aromatic N) is 2. The van der Waals surface area contributed by atoms with E-state index in [9.17, 15) is 9.59 Å². The molecule has 0 aliphatic carbocycles. The second-order valence-electron chi connectivity index (χ2n) is 5.63. The summed E-state index contributed by atoms with van der Waals surface area (Å²) in [6, 6.07) is 9.45. The van der Waals surface area contributed by atoms with Crippen LogP contribution in [-0.4, -0.2) is 21.4 Å². The molecule has 0 aliphatic rings. The number of aromatic nitrogens is 2. The molecule has 3 aromatic rings. The van der Waals surface area contributed by atoms with Gasteiger partial charge in [0.05, 0.1) is 10.2 Å². The van der Waals surface area contributed by atoms with Gasteiger partial charge in [-0.2, -0.15) is 0 Å². The fourth-order valence-electron chi connectivity index (χ4n) is 2.51. The number of anilines is 2. The zero-order valence-corrected chi connectivity index (χ0v) is 14.5. The van der Waals surface area contributed by atoms with Gasteiger partial charge in [0.1, 0.15) is 6.54 Å². The summed E-state index contributed by atoms with van der Waals surface area (Å²) >= 11 is 1.38. The maximum atomic E-state index is 12.3. The number of hydrogen-bond acceptors (Lipinski definition) is 4. The van der Waals surface area contributed by atoms with Crippen molar-refractivity contribution < 1.29 is 9.59 Å². The maximum Gasteiger partial charge on any atom is 0.246 e. The van der Waals surface area contributed by atoms with Crippen LogP contribution in [0.25, 0.3) is 10.2 Å². The Morgan fingerprint density at radius 1 is 1.12 bits per heavy atom. The average Bonchev–Trinajstić information content (AvgIpc) is 3.03. The lowest BCUT2D eigenvalue weighted by Crippen LogP contribution is -2.19. The monoisotopic (exact) mass is 342 g/mol. The Morgan fingerprint density at radius 3 is 2.50 bits per heavy atom. The zero-order valence-electron chi connectivity index (χ0n) is 13.7. The van der Waals surface area contributed by atoms with E-state index in [0.717, 1.165) is 27.3 Å². The Morgan fingerprint density at radius 2 is 1.83 bits per heavy atom. The van der Waals surface area contributed by atoms with Crippen LogP contribution < -0.4 is 10.6 Å². The molecule has 1 aromatic carbocycles. The average molecular weight is 342 g/mol. The second-order valence-corrected chi connectivity index (χ2v) is 6.66. The molecule has 0 aliphatic heterocycles. The van der Waals surface area contributed by atoms with Crippen LogP contribution in [0.1, 0.15) is 18.3 Å². The first kappa shape index (κ1) is 16.2. The van der Waals surface area contributed by atoms with Crippen LogP contribution in [0.2, 0.25) is 0 Å². The molecule has 0 atom stereocenters. The lowest BCUT2D eigenvalue weighted by Gasteiger charge is -2.08. The van der Waals surface area contributed by atoms with E-state index in [0.29, 0.717) is 5.13 Å². The van der Waals surface area contributed by atoms with Crippen molar-refractivity contribution in [1.29, 1.82) is 0 Å². The van der Waals surface area contributed by atoms with Crippen molar-refractivity contribution in [1.82, 2.24) is 9.55 Å². The van der Waals surface area contributed by atoms with Crippen molar-refractivity contribution in [2.24, 2.45) is 0 Å². The summed E-state index contributed by atoms with van der Waals surface area (Å²) in [5.74, 6) is -0.233. The van der Waals surface area contributed by atoms with Gasteiger partial charge in [0.15, 0.2) is 5.13 Å². The molecule has 2 heterocycles. The molecule has 3 rings (SSSR count). The molecule has 124 valence electrons. The number of benzene rings is 1. The van der Waals surface area contributed by atoms with Gasteiger partial charge < -0.3 is 15.2 Å². The summed E-state index contributed by atoms with van der Waals surface area (Å²) < 4.78 is 2.86. The van der Waals surface area contributed by atoms with E-state index in [2.05, 4.69) is 15.6 Å². The zero-order chi connectivity index (χ0) is 17.3. The van der Waals surface area contributed by atoms with Crippen molar-refractivity contribution in [2.45, 2.75) is 27.3 Å². The Kier molecular flexibility index (Phi) is 4.35. The Labute approximate surface area is 143 Å². The largest absolute Gasteiger partial charge is 0.340 e. The molecular weight excluding hydrogens is 324 g/mol. The molecule has 0 fully saturated rings. The summed E-state index contributed by atoms with van der Waals surface area (Å²) in [5, 5.41) is 6.14. The summed E-state index contributed by atoms with van der Waals surface area (Å²) in [4.78, 5) is 27.8. The first-order chi connectivity index (χ1) is 11.4. The number of rotatable bonds is 4. The highest BCUT2D eigenvalue weighted by atomic mass is 32.1. The van der Waals surface area contributed by atoms with E-state index < -0.39 is 0 Å².